The second-order valence-corrected chi connectivity index (χ2v) is 7.93. The highest BCUT2D eigenvalue weighted by atomic mass is 79.9. The molecule has 3 unspecified atom stereocenters. The molecule has 3 atom stereocenters. The van der Waals surface area contributed by atoms with Crippen molar-refractivity contribution in [3.05, 3.63) is 72.1 Å². The van der Waals surface area contributed by atoms with Crippen LogP contribution in [0.5, 0.6) is 0 Å². The van der Waals surface area contributed by atoms with Gasteiger partial charge in [0, 0.05) is 24.6 Å². The Morgan fingerprint density at radius 2 is 1.76 bits per heavy atom. The standard InChI is InChI=1S/C22H27N2.BrH/c1-24(2)19-12-11-17(14-19)15-20(24)16-21(18-8-4-3-5-9-18)22-10-6-7-13-23-22;/h3-10,13,16-17,19-20H,11-12,14-15H2,1-2H3;1H/q+1;/p-1. The molecule has 1 saturated heterocycles. The number of likely N-dealkylation sites (N-methyl/N-ethyl adjacent to an activating group) is 1. The molecule has 2 aliphatic rings. The molecule has 132 valence electrons. The maximum Gasteiger partial charge on any atom is 0.109 e. The van der Waals surface area contributed by atoms with Gasteiger partial charge in [-0.3, -0.25) is 4.98 Å². The van der Waals surface area contributed by atoms with Gasteiger partial charge >= 0.3 is 0 Å². The minimum Gasteiger partial charge on any atom is -1.00 e. The SMILES string of the molecule is C[N+]1(C)C(C=C(c2ccccc2)c2ccccn2)CC2CCC1C2.[Br-]. The van der Waals surface area contributed by atoms with E-state index in [1.54, 1.807) is 0 Å². The van der Waals surface area contributed by atoms with Crippen LogP contribution in [0.25, 0.3) is 5.57 Å². The van der Waals surface area contributed by atoms with Crippen LogP contribution in [0.2, 0.25) is 0 Å². The number of rotatable bonds is 3. The normalized spacial score (nSPS) is 27.6. The van der Waals surface area contributed by atoms with Crippen LogP contribution >= 0.6 is 0 Å². The summed E-state index contributed by atoms with van der Waals surface area (Å²) in [6.45, 7) is 0. The van der Waals surface area contributed by atoms with Crippen molar-refractivity contribution in [3.63, 3.8) is 0 Å². The largest absolute Gasteiger partial charge is 1.00 e. The molecule has 2 nitrogen and oxygen atoms in total. The molecule has 2 fully saturated rings. The van der Waals surface area contributed by atoms with Crippen molar-refractivity contribution < 1.29 is 21.5 Å². The highest BCUT2D eigenvalue weighted by molar-refractivity contribution is 5.78. The molecule has 1 saturated carbocycles. The van der Waals surface area contributed by atoms with Crippen LogP contribution in [0.3, 0.4) is 0 Å². The van der Waals surface area contributed by atoms with Gasteiger partial charge < -0.3 is 21.5 Å². The number of nitrogens with zero attached hydrogens (tertiary/aromatic N) is 2. The molecule has 2 bridgehead atoms. The Kier molecular flexibility index (Phi) is 5.45. The third-order valence-corrected chi connectivity index (χ3v) is 6.27. The van der Waals surface area contributed by atoms with Crippen molar-refractivity contribution in [1.82, 2.24) is 4.98 Å². The number of benzene rings is 1. The third-order valence-electron chi connectivity index (χ3n) is 6.27. The van der Waals surface area contributed by atoms with E-state index in [1.165, 1.54) is 36.8 Å². The van der Waals surface area contributed by atoms with Crippen molar-refractivity contribution in [2.75, 3.05) is 14.1 Å². The zero-order chi connectivity index (χ0) is 16.6. The van der Waals surface area contributed by atoms with E-state index < -0.39 is 0 Å². The van der Waals surface area contributed by atoms with E-state index in [2.05, 4.69) is 67.6 Å². The first-order valence-electron chi connectivity index (χ1n) is 9.16. The number of halogens is 1. The Labute approximate surface area is 162 Å². The van der Waals surface area contributed by atoms with Crippen molar-refractivity contribution in [3.8, 4) is 0 Å². The van der Waals surface area contributed by atoms with Gasteiger partial charge in [0.2, 0.25) is 0 Å². The molecular weight excluding hydrogens is 372 g/mol. The second kappa shape index (κ2) is 7.43. The van der Waals surface area contributed by atoms with Gasteiger partial charge in [-0.15, -0.1) is 0 Å². The van der Waals surface area contributed by atoms with Crippen molar-refractivity contribution in [2.45, 2.75) is 37.8 Å². The van der Waals surface area contributed by atoms with Gasteiger partial charge in [-0.05, 0) is 42.5 Å². The zero-order valence-electron chi connectivity index (χ0n) is 15.1. The Morgan fingerprint density at radius 1 is 1.00 bits per heavy atom. The predicted octanol–water partition coefficient (Wildman–Crippen LogP) is 1.53. The summed E-state index contributed by atoms with van der Waals surface area (Å²) < 4.78 is 1.12. The third kappa shape index (κ3) is 3.58. The number of hydrogen-bond donors (Lipinski definition) is 0. The number of quaternary nitrogens is 1. The maximum absolute atomic E-state index is 4.65. The summed E-state index contributed by atoms with van der Waals surface area (Å²) in [7, 11) is 4.85. The van der Waals surface area contributed by atoms with Crippen LogP contribution in [-0.4, -0.2) is 35.6 Å². The van der Waals surface area contributed by atoms with Crippen LogP contribution < -0.4 is 17.0 Å². The van der Waals surface area contributed by atoms with Crippen molar-refractivity contribution in [1.29, 1.82) is 0 Å². The number of pyridine rings is 1. The van der Waals surface area contributed by atoms with E-state index in [-0.39, 0.29) is 17.0 Å². The molecule has 25 heavy (non-hydrogen) atoms. The predicted molar refractivity (Wildman–Crippen MR) is 99.4 cm³/mol. The fourth-order valence-electron chi connectivity index (χ4n) is 4.67. The molecule has 1 aromatic heterocycles. The molecule has 2 aromatic rings. The highest BCUT2D eigenvalue weighted by Crippen LogP contribution is 2.43. The first kappa shape index (κ1) is 18.3. The lowest BCUT2D eigenvalue weighted by Crippen LogP contribution is -3.00. The molecule has 4 rings (SSSR count). The summed E-state index contributed by atoms with van der Waals surface area (Å²) in [4.78, 5) is 4.65. The number of piperidine rings is 1. The minimum absolute atomic E-state index is 0. The van der Waals surface area contributed by atoms with E-state index >= 15 is 0 Å². The highest BCUT2D eigenvalue weighted by Gasteiger charge is 2.46. The van der Waals surface area contributed by atoms with Crippen LogP contribution in [0, 0.1) is 5.92 Å². The fraction of sp³-hybridized carbons (Fsp3) is 0.409. The van der Waals surface area contributed by atoms with Gasteiger partial charge in [0.1, 0.15) is 6.04 Å². The van der Waals surface area contributed by atoms with Gasteiger partial charge in [-0.25, -0.2) is 0 Å². The van der Waals surface area contributed by atoms with Gasteiger partial charge in [-0.2, -0.15) is 0 Å². The Bertz CT molecular complexity index is 683. The van der Waals surface area contributed by atoms with Crippen molar-refractivity contribution in [2.24, 2.45) is 5.92 Å². The zero-order valence-corrected chi connectivity index (χ0v) is 16.7. The summed E-state index contributed by atoms with van der Waals surface area (Å²) in [6, 6.07) is 18.4. The summed E-state index contributed by atoms with van der Waals surface area (Å²) in [6.07, 6.45) is 9.96. The van der Waals surface area contributed by atoms with E-state index in [4.69, 9.17) is 0 Å². The molecule has 2 heterocycles. The smallest absolute Gasteiger partial charge is 0.109 e. The summed E-state index contributed by atoms with van der Waals surface area (Å²) in [5.74, 6) is 0.920. The van der Waals surface area contributed by atoms with Crippen LogP contribution in [0.15, 0.2) is 60.8 Å². The van der Waals surface area contributed by atoms with Crippen LogP contribution in [-0.2, 0) is 0 Å². The molecule has 1 aliphatic carbocycles. The summed E-state index contributed by atoms with van der Waals surface area (Å²) in [5.41, 5.74) is 3.64. The number of fused-ring (bicyclic) bond motifs is 2. The molecule has 1 aromatic carbocycles. The molecule has 3 heteroatoms. The Balaban J connectivity index is 0.00000182. The first-order chi connectivity index (χ1) is 11.6. The first-order valence-corrected chi connectivity index (χ1v) is 9.16. The number of hydrogen-bond acceptors (Lipinski definition) is 1. The summed E-state index contributed by atoms with van der Waals surface area (Å²) >= 11 is 0. The van der Waals surface area contributed by atoms with E-state index in [0.717, 1.165) is 22.1 Å². The molecular formula is C22H27BrN2. The van der Waals surface area contributed by atoms with Gasteiger partial charge in [0.15, 0.2) is 0 Å². The molecule has 0 spiro atoms. The van der Waals surface area contributed by atoms with E-state index in [1.807, 2.05) is 12.3 Å². The quantitative estimate of drug-likeness (QED) is 0.714. The fourth-order valence-corrected chi connectivity index (χ4v) is 4.67. The van der Waals surface area contributed by atoms with Crippen LogP contribution in [0.1, 0.15) is 36.9 Å². The summed E-state index contributed by atoms with van der Waals surface area (Å²) in [5, 5.41) is 0. The van der Waals surface area contributed by atoms with Gasteiger partial charge in [0.25, 0.3) is 0 Å². The van der Waals surface area contributed by atoms with E-state index in [0.29, 0.717) is 6.04 Å². The molecule has 0 amide bonds. The lowest BCUT2D eigenvalue weighted by Gasteiger charge is -2.45. The lowest BCUT2D eigenvalue weighted by atomic mass is 9.88. The second-order valence-electron chi connectivity index (χ2n) is 7.93. The molecule has 0 N–H and O–H groups in total. The lowest BCUT2D eigenvalue weighted by molar-refractivity contribution is -0.936. The maximum atomic E-state index is 4.65. The minimum atomic E-state index is 0. The average Bonchev–Trinajstić information content (AvgIpc) is 3.05. The Hall–Kier alpha value is -1.45. The number of likely N-dealkylation sites (tertiary alicyclic amines) is 1. The monoisotopic (exact) mass is 398 g/mol. The molecule has 0 radical (unpaired) electrons. The average molecular weight is 399 g/mol. The van der Waals surface area contributed by atoms with E-state index in [9.17, 15) is 0 Å². The van der Waals surface area contributed by atoms with Crippen molar-refractivity contribution >= 4 is 5.57 Å². The van der Waals surface area contributed by atoms with Crippen LogP contribution in [0.4, 0.5) is 0 Å². The Morgan fingerprint density at radius 3 is 2.48 bits per heavy atom. The van der Waals surface area contributed by atoms with Gasteiger partial charge in [-0.1, -0.05) is 36.4 Å². The van der Waals surface area contributed by atoms with Gasteiger partial charge in [0.05, 0.1) is 25.8 Å². The number of aromatic nitrogens is 1. The molecule has 1 aliphatic heterocycles. The topological polar surface area (TPSA) is 12.9 Å².